The minimum Gasteiger partial charge on any atom is -0.393 e. The van der Waals surface area contributed by atoms with Crippen molar-refractivity contribution in [2.45, 2.75) is 158 Å². The molecule has 21 atom stereocenters. The predicted molar refractivity (Wildman–Crippen MR) is 199 cm³/mol. The zero-order chi connectivity index (χ0) is 42.0. The zero-order valence-corrected chi connectivity index (χ0v) is 34.4. The molecule has 6 aliphatic rings. The number of ether oxygens (including phenoxy) is 5. The second-order valence-electron chi connectivity index (χ2n) is 18.6. The molecule has 6 rings (SSSR count). The highest BCUT2D eigenvalue weighted by atomic mass is 32.3. The summed E-state index contributed by atoms with van der Waals surface area (Å²) in [6.07, 6.45) is -10.9. The fourth-order valence-corrected chi connectivity index (χ4v) is 12.8. The van der Waals surface area contributed by atoms with Crippen LogP contribution in [0.1, 0.15) is 79.1 Å². The van der Waals surface area contributed by atoms with Gasteiger partial charge in [-0.1, -0.05) is 39.8 Å². The quantitative estimate of drug-likeness (QED) is 0.0875. The molecule has 0 amide bonds. The highest BCUT2D eigenvalue weighted by Gasteiger charge is 2.71. The summed E-state index contributed by atoms with van der Waals surface area (Å²) >= 11 is 0. The monoisotopic (exact) mass is 838 g/mol. The lowest BCUT2D eigenvalue weighted by Crippen LogP contribution is -2.70. The van der Waals surface area contributed by atoms with Crippen molar-refractivity contribution in [1.82, 2.24) is 0 Å². The molecule has 2 heterocycles. The summed E-state index contributed by atoms with van der Waals surface area (Å²) in [5.74, 6) is -1.32. The lowest BCUT2D eigenvalue weighted by molar-refractivity contribution is -0.343. The van der Waals surface area contributed by atoms with Crippen LogP contribution in [-0.2, 0) is 38.3 Å². The maximum absolute atomic E-state index is 12.6. The Hall–Kier alpha value is -0.910. The van der Waals surface area contributed by atoms with E-state index in [4.69, 9.17) is 27.9 Å². The summed E-state index contributed by atoms with van der Waals surface area (Å²) in [6.45, 7) is 11.8. The first-order valence-corrected chi connectivity index (χ1v) is 21.8. The fourth-order valence-electron chi connectivity index (χ4n) is 12.3. The first-order chi connectivity index (χ1) is 26.6. The van der Waals surface area contributed by atoms with E-state index < -0.39 is 119 Å². The minimum atomic E-state index is -5.08. The van der Waals surface area contributed by atoms with Crippen molar-refractivity contribution in [3.8, 4) is 0 Å². The number of hydrogen-bond donors (Lipinski definition) is 9. The standard InChI is InChI=1S/C39H66O17S/c1-18(20(3)15-52-35-33(31(26(44)17-53-35)56-57(48,49)50)55-36-32(51-6)30(46)25(43)16-54-36)7-8-19(2)21-13-23(41)34-37(21,4)12-10-27-38(5)11-9-22(40)29(45)28(38)24(42)14-39(27,34)47/h19-36,40-47H,1,7-17H2,2-6H3,(H,48,49,50)/t19-,20?,21-,22+,23-,24+,25-,26-,27-,28+,29+,30+,31+,32-,33-,34-,35-,36+,37-,38-,39+/m1/s1. The smallest absolute Gasteiger partial charge is 0.393 e. The zero-order valence-electron chi connectivity index (χ0n) is 33.6. The molecule has 0 bridgehead atoms. The molecule has 57 heavy (non-hydrogen) atoms. The molecule has 0 aromatic heterocycles. The van der Waals surface area contributed by atoms with Crippen molar-refractivity contribution in [3.63, 3.8) is 0 Å². The molecule has 6 fully saturated rings. The maximum atomic E-state index is 12.6. The van der Waals surface area contributed by atoms with E-state index >= 15 is 0 Å². The summed E-state index contributed by atoms with van der Waals surface area (Å²) in [6, 6.07) is 0. The highest BCUT2D eigenvalue weighted by Crippen LogP contribution is 2.70. The second kappa shape index (κ2) is 17.1. The van der Waals surface area contributed by atoms with Gasteiger partial charge in [-0.2, -0.15) is 8.42 Å². The molecule has 18 heteroatoms. The van der Waals surface area contributed by atoms with Crippen LogP contribution in [0.5, 0.6) is 0 Å². The van der Waals surface area contributed by atoms with Gasteiger partial charge in [-0.25, -0.2) is 4.18 Å². The molecular formula is C39H66O17S. The van der Waals surface area contributed by atoms with Gasteiger partial charge >= 0.3 is 10.4 Å². The summed E-state index contributed by atoms with van der Waals surface area (Å²) < 4.78 is 66.3. The van der Waals surface area contributed by atoms with E-state index in [1.165, 1.54) is 7.11 Å². The minimum absolute atomic E-state index is 0.0250. The van der Waals surface area contributed by atoms with Gasteiger partial charge in [0.25, 0.3) is 0 Å². The maximum Gasteiger partial charge on any atom is 0.397 e. The van der Waals surface area contributed by atoms with Crippen LogP contribution in [0.15, 0.2) is 12.2 Å². The summed E-state index contributed by atoms with van der Waals surface area (Å²) in [5.41, 5.74) is -1.48. The number of methoxy groups -OCH3 is 1. The van der Waals surface area contributed by atoms with Crippen LogP contribution in [0, 0.1) is 46.3 Å². The van der Waals surface area contributed by atoms with Crippen LogP contribution in [0.2, 0.25) is 0 Å². The first kappa shape index (κ1) is 45.6. The molecule has 17 nitrogen and oxygen atoms in total. The van der Waals surface area contributed by atoms with Crippen molar-refractivity contribution in [3.05, 3.63) is 12.2 Å². The van der Waals surface area contributed by atoms with E-state index in [9.17, 15) is 53.8 Å². The van der Waals surface area contributed by atoms with Gasteiger partial charge in [-0.05, 0) is 73.5 Å². The average Bonchev–Trinajstić information content (AvgIpc) is 3.41. The molecule has 0 radical (unpaired) electrons. The largest absolute Gasteiger partial charge is 0.397 e. The van der Waals surface area contributed by atoms with E-state index in [-0.39, 0.29) is 43.3 Å². The van der Waals surface area contributed by atoms with Crippen molar-refractivity contribution in [2.75, 3.05) is 26.9 Å². The van der Waals surface area contributed by atoms with E-state index in [0.29, 0.717) is 32.1 Å². The molecule has 2 aliphatic heterocycles. The lowest BCUT2D eigenvalue weighted by Gasteiger charge is -2.66. The number of aliphatic hydroxyl groups is 8. The number of rotatable bonds is 13. The third-order valence-electron chi connectivity index (χ3n) is 15.2. The molecule has 330 valence electrons. The fraction of sp³-hybridized carbons (Fsp3) is 0.949. The third-order valence-corrected chi connectivity index (χ3v) is 15.7. The van der Waals surface area contributed by atoms with Crippen LogP contribution in [0.3, 0.4) is 0 Å². The first-order valence-electron chi connectivity index (χ1n) is 20.4. The van der Waals surface area contributed by atoms with Gasteiger partial charge in [0.05, 0.1) is 49.8 Å². The molecule has 4 aliphatic carbocycles. The van der Waals surface area contributed by atoms with Crippen molar-refractivity contribution in [2.24, 2.45) is 46.3 Å². The van der Waals surface area contributed by atoms with Crippen LogP contribution in [0.25, 0.3) is 0 Å². The van der Waals surface area contributed by atoms with Crippen LogP contribution < -0.4 is 0 Å². The highest BCUT2D eigenvalue weighted by molar-refractivity contribution is 7.80. The predicted octanol–water partition coefficient (Wildman–Crippen LogP) is 0.0422. The molecule has 2 saturated heterocycles. The van der Waals surface area contributed by atoms with Crippen molar-refractivity contribution >= 4 is 10.4 Å². The number of fused-ring (bicyclic) bond motifs is 5. The summed E-state index contributed by atoms with van der Waals surface area (Å²) in [7, 11) is -3.83. The normalized spacial score (nSPS) is 50.0. The van der Waals surface area contributed by atoms with Gasteiger partial charge in [0.15, 0.2) is 12.6 Å². The Morgan fingerprint density at radius 2 is 1.49 bits per heavy atom. The van der Waals surface area contributed by atoms with Gasteiger partial charge in [0, 0.05) is 31.3 Å². The Balaban J connectivity index is 1.09. The van der Waals surface area contributed by atoms with E-state index in [1.54, 1.807) is 0 Å². The SMILES string of the molecule is C=C(CC[C@@H](C)[C@H]1C[C@@H](O)[C@@H]2[C@]1(C)CC[C@@H]1[C@@]3(C)CC[C@H](O)[C@H](O)[C@@H]3[C@@H](O)C[C@]12O)C(C)CO[C@@H]1OC[C@@H](O)[C@H](OS(=O)(=O)O)[C@H]1O[C@@H]1OC[C@@H](O)[C@H](O)[C@H]1OC. The average molecular weight is 839 g/mol. The van der Waals surface area contributed by atoms with E-state index in [1.807, 2.05) is 13.8 Å². The molecule has 4 saturated carbocycles. The Morgan fingerprint density at radius 1 is 0.842 bits per heavy atom. The summed E-state index contributed by atoms with van der Waals surface area (Å²) in [5, 5.41) is 88.3. The van der Waals surface area contributed by atoms with E-state index in [2.05, 4.69) is 20.4 Å². The van der Waals surface area contributed by atoms with Crippen LogP contribution in [-0.4, -0.2) is 160 Å². The number of aliphatic hydroxyl groups excluding tert-OH is 7. The van der Waals surface area contributed by atoms with Gasteiger partial charge < -0.3 is 64.5 Å². The molecule has 9 N–H and O–H groups in total. The molecule has 0 aromatic carbocycles. The molecule has 0 spiro atoms. The van der Waals surface area contributed by atoms with Gasteiger partial charge in [-0.3, -0.25) is 4.55 Å². The summed E-state index contributed by atoms with van der Waals surface area (Å²) in [4.78, 5) is 0. The van der Waals surface area contributed by atoms with Gasteiger partial charge in [0.1, 0.15) is 36.6 Å². The van der Waals surface area contributed by atoms with Crippen molar-refractivity contribution in [1.29, 1.82) is 0 Å². The lowest BCUT2D eigenvalue weighted by atomic mass is 9.41. The molecule has 0 aromatic rings. The number of hydrogen-bond acceptors (Lipinski definition) is 16. The van der Waals surface area contributed by atoms with Crippen LogP contribution >= 0.6 is 0 Å². The van der Waals surface area contributed by atoms with Crippen LogP contribution in [0.4, 0.5) is 0 Å². The van der Waals surface area contributed by atoms with E-state index in [0.717, 1.165) is 18.4 Å². The molecular weight excluding hydrogens is 772 g/mol. The Kier molecular flexibility index (Phi) is 13.7. The third kappa shape index (κ3) is 8.51. The van der Waals surface area contributed by atoms with Gasteiger partial charge in [0.2, 0.25) is 0 Å². The van der Waals surface area contributed by atoms with Gasteiger partial charge in [-0.15, -0.1) is 0 Å². The molecule has 1 unspecified atom stereocenters. The Labute approximate surface area is 335 Å². The second-order valence-corrected chi connectivity index (χ2v) is 19.7. The Morgan fingerprint density at radius 3 is 2.16 bits per heavy atom. The topological polar surface area (TPSA) is 272 Å². The Bertz CT molecular complexity index is 1520. The van der Waals surface area contributed by atoms with Crippen molar-refractivity contribution < 1.29 is 81.7 Å².